The number of rotatable bonds is 3. The minimum absolute atomic E-state index is 0.357. The normalized spacial score (nSPS) is 10.4. The minimum atomic E-state index is 0.357. The van der Waals surface area contributed by atoms with Crippen LogP contribution in [0.3, 0.4) is 0 Å². The van der Waals surface area contributed by atoms with Gasteiger partial charge < -0.3 is 0 Å². The summed E-state index contributed by atoms with van der Waals surface area (Å²) < 4.78 is 1.85. The number of hydrogen-bond donors (Lipinski definition) is 0. The SMILES string of the molecule is Cc1ccc(-c2nn(-c3ccccc3)cc2CC#N)c(C)c1. The fourth-order valence-corrected chi connectivity index (χ4v) is 2.64. The highest BCUT2D eigenvalue weighted by molar-refractivity contribution is 5.67. The zero-order chi connectivity index (χ0) is 15.5. The van der Waals surface area contributed by atoms with E-state index in [0.717, 1.165) is 22.5 Å². The molecule has 0 bridgehead atoms. The van der Waals surface area contributed by atoms with Crippen molar-refractivity contribution in [3.05, 3.63) is 71.4 Å². The molecule has 3 nitrogen and oxygen atoms in total. The summed E-state index contributed by atoms with van der Waals surface area (Å²) in [7, 11) is 0. The summed E-state index contributed by atoms with van der Waals surface area (Å²) in [6.07, 6.45) is 2.31. The van der Waals surface area contributed by atoms with Gasteiger partial charge in [-0.2, -0.15) is 10.4 Å². The molecule has 0 amide bonds. The Kier molecular flexibility index (Phi) is 3.76. The van der Waals surface area contributed by atoms with E-state index in [0.29, 0.717) is 6.42 Å². The summed E-state index contributed by atoms with van der Waals surface area (Å²) in [5.41, 5.74) is 6.34. The van der Waals surface area contributed by atoms with E-state index in [-0.39, 0.29) is 0 Å². The molecular weight excluding hydrogens is 270 g/mol. The van der Waals surface area contributed by atoms with E-state index < -0.39 is 0 Å². The first-order valence-corrected chi connectivity index (χ1v) is 7.27. The molecule has 1 heterocycles. The summed E-state index contributed by atoms with van der Waals surface area (Å²) >= 11 is 0. The molecule has 0 unspecified atom stereocenters. The molecule has 0 saturated carbocycles. The lowest BCUT2D eigenvalue weighted by Crippen LogP contribution is -1.94. The summed E-state index contributed by atoms with van der Waals surface area (Å²) in [5.74, 6) is 0. The van der Waals surface area contributed by atoms with Gasteiger partial charge >= 0.3 is 0 Å². The fourth-order valence-electron chi connectivity index (χ4n) is 2.64. The number of nitrogens with zero attached hydrogens (tertiary/aromatic N) is 3. The van der Waals surface area contributed by atoms with Crippen LogP contribution in [-0.2, 0) is 6.42 Å². The number of nitriles is 1. The van der Waals surface area contributed by atoms with Crippen LogP contribution in [-0.4, -0.2) is 9.78 Å². The van der Waals surface area contributed by atoms with Crippen LogP contribution in [0.5, 0.6) is 0 Å². The molecule has 3 heteroatoms. The van der Waals surface area contributed by atoms with Crippen LogP contribution in [0.25, 0.3) is 16.9 Å². The second-order valence-corrected chi connectivity index (χ2v) is 5.44. The lowest BCUT2D eigenvalue weighted by molar-refractivity contribution is 0.883. The highest BCUT2D eigenvalue weighted by Crippen LogP contribution is 2.27. The predicted octanol–water partition coefficient (Wildman–Crippen LogP) is 4.22. The third kappa shape index (κ3) is 2.64. The third-order valence-corrected chi connectivity index (χ3v) is 3.72. The van der Waals surface area contributed by atoms with Crippen LogP contribution in [0.1, 0.15) is 16.7 Å². The molecule has 0 aliphatic carbocycles. The van der Waals surface area contributed by atoms with Gasteiger partial charge in [0, 0.05) is 17.3 Å². The quantitative estimate of drug-likeness (QED) is 0.723. The highest BCUT2D eigenvalue weighted by Gasteiger charge is 2.13. The average Bonchev–Trinajstić information content (AvgIpc) is 2.92. The monoisotopic (exact) mass is 287 g/mol. The molecular formula is C19H17N3. The lowest BCUT2D eigenvalue weighted by Gasteiger charge is -2.05. The molecule has 0 radical (unpaired) electrons. The van der Waals surface area contributed by atoms with Gasteiger partial charge in [-0.1, -0.05) is 42.0 Å². The van der Waals surface area contributed by atoms with Crippen molar-refractivity contribution in [2.75, 3.05) is 0 Å². The maximum Gasteiger partial charge on any atom is 0.0972 e. The van der Waals surface area contributed by atoms with Crippen molar-refractivity contribution in [3.63, 3.8) is 0 Å². The topological polar surface area (TPSA) is 41.6 Å². The maximum absolute atomic E-state index is 9.10. The largest absolute Gasteiger partial charge is 0.240 e. The van der Waals surface area contributed by atoms with E-state index in [2.05, 4.69) is 38.1 Å². The molecule has 1 aromatic heterocycles. The molecule has 3 rings (SSSR count). The molecule has 0 saturated heterocycles. The second-order valence-electron chi connectivity index (χ2n) is 5.44. The number of aromatic nitrogens is 2. The lowest BCUT2D eigenvalue weighted by atomic mass is 10.00. The number of hydrogen-bond acceptors (Lipinski definition) is 2. The second kappa shape index (κ2) is 5.87. The van der Waals surface area contributed by atoms with Gasteiger partial charge in [0.1, 0.15) is 0 Å². The Morgan fingerprint density at radius 3 is 2.55 bits per heavy atom. The van der Waals surface area contributed by atoms with Crippen LogP contribution in [0.4, 0.5) is 0 Å². The van der Waals surface area contributed by atoms with Gasteiger partial charge in [0.05, 0.1) is 23.9 Å². The summed E-state index contributed by atoms with van der Waals surface area (Å²) in [6, 6.07) is 18.5. The van der Waals surface area contributed by atoms with E-state index in [4.69, 9.17) is 10.4 Å². The molecule has 0 spiro atoms. The van der Waals surface area contributed by atoms with Crippen molar-refractivity contribution in [1.82, 2.24) is 9.78 Å². The van der Waals surface area contributed by atoms with Crippen LogP contribution in [0.15, 0.2) is 54.7 Å². The van der Waals surface area contributed by atoms with E-state index in [9.17, 15) is 0 Å². The van der Waals surface area contributed by atoms with Crippen molar-refractivity contribution in [2.24, 2.45) is 0 Å². The molecule has 2 aromatic carbocycles. The molecule has 0 aliphatic rings. The Bertz CT molecular complexity index is 839. The van der Waals surface area contributed by atoms with E-state index >= 15 is 0 Å². The molecule has 108 valence electrons. The van der Waals surface area contributed by atoms with Crippen LogP contribution < -0.4 is 0 Å². The first-order valence-electron chi connectivity index (χ1n) is 7.27. The van der Waals surface area contributed by atoms with Gasteiger partial charge in [0.25, 0.3) is 0 Å². The fraction of sp³-hybridized carbons (Fsp3) is 0.158. The van der Waals surface area contributed by atoms with Crippen LogP contribution >= 0.6 is 0 Å². The summed E-state index contributed by atoms with van der Waals surface area (Å²) in [4.78, 5) is 0. The molecule has 0 N–H and O–H groups in total. The van der Waals surface area contributed by atoms with E-state index in [1.165, 1.54) is 11.1 Å². The molecule has 0 atom stereocenters. The van der Waals surface area contributed by atoms with Gasteiger partial charge in [-0.15, -0.1) is 0 Å². The minimum Gasteiger partial charge on any atom is -0.240 e. The zero-order valence-corrected chi connectivity index (χ0v) is 12.7. The first-order chi connectivity index (χ1) is 10.7. The van der Waals surface area contributed by atoms with E-state index in [1.54, 1.807) is 0 Å². The average molecular weight is 287 g/mol. The van der Waals surface area contributed by atoms with Crippen LogP contribution in [0, 0.1) is 25.2 Å². The van der Waals surface area contributed by atoms with Gasteiger partial charge in [-0.3, -0.25) is 0 Å². The molecule has 22 heavy (non-hydrogen) atoms. The number of benzene rings is 2. The third-order valence-electron chi connectivity index (χ3n) is 3.72. The van der Waals surface area contributed by atoms with Crippen molar-refractivity contribution in [1.29, 1.82) is 5.26 Å². The van der Waals surface area contributed by atoms with Gasteiger partial charge in [0.2, 0.25) is 0 Å². The Hall–Kier alpha value is -2.86. The standard InChI is InChI=1S/C19H17N3/c1-14-8-9-18(15(2)12-14)19-16(10-11-20)13-22(21-19)17-6-4-3-5-7-17/h3-9,12-13H,10H2,1-2H3. The Morgan fingerprint density at radius 2 is 1.86 bits per heavy atom. The van der Waals surface area contributed by atoms with Gasteiger partial charge in [0.15, 0.2) is 0 Å². The van der Waals surface area contributed by atoms with E-state index in [1.807, 2.05) is 41.2 Å². The van der Waals surface area contributed by atoms with Gasteiger partial charge in [-0.25, -0.2) is 4.68 Å². The van der Waals surface area contributed by atoms with Crippen molar-refractivity contribution in [2.45, 2.75) is 20.3 Å². The summed E-state index contributed by atoms with van der Waals surface area (Å²) in [6.45, 7) is 4.16. The first kappa shape index (κ1) is 14.1. The zero-order valence-electron chi connectivity index (χ0n) is 12.7. The summed E-state index contributed by atoms with van der Waals surface area (Å²) in [5, 5.41) is 13.8. The smallest absolute Gasteiger partial charge is 0.0972 e. The number of aryl methyl sites for hydroxylation is 2. The predicted molar refractivity (Wildman–Crippen MR) is 87.8 cm³/mol. The Balaban J connectivity index is 2.14. The van der Waals surface area contributed by atoms with Crippen molar-refractivity contribution < 1.29 is 0 Å². The van der Waals surface area contributed by atoms with Crippen molar-refractivity contribution in [3.8, 4) is 23.0 Å². The van der Waals surface area contributed by atoms with Crippen molar-refractivity contribution >= 4 is 0 Å². The highest BCUT2D eigenvalue weighted by atomic mass is 15.3. The van der Waals surface area contributed by atoms with Gasteiger partial charge in [-0.05, 0) is 31.5 Å². The molecule has 3 aromatic rings. The Labute approximate surface area is 130 Å². The van der Waals surface area contributed by atoms with Crippen LogP contribution in [0.2, 0.25) is 0 Å². The Morgan fingerprint density at radius 1 is 1.09 bits per heavy atom. The number of para-hydroxylation sites is 1. The molecule has 0 aliphatic heterocycles. The molecule has 0 fully saturated rings. The maximum atomic E-state index is 9.10.